The maximum atomic E-state index is 13.3. The van der Waals surface area contributed by atoms with Crippen molar-refractivity contribution >= 4 is 17.5 Å². The fraction of sp³-hybridized carbons (Fsp3) is 0.500. The topological polar surface area (TPSA) is 69.6 Å². The molecule has 2 N–H and O–H groups in total. The fourth-order valence-corrected chi connectivity index (χ4v) is 2.54. The number of hydrogen-bond donors (Lipinski definition) is 2. The Bertz CT molecular complexity index is 574. The molecule has 5 nitrogen and oxygen atoms in total. The van der Waals surface area contributed by atoms with Crippen molar-refractivity contribution in [1.29, 1.82) is 0 Å². The molecule has 0 saturated carbocycles. The molecule has 1 heterocycles. The van der Waals surface area contributed by atoms with Crippen LogP contribution in [0.2, 0.25) is 0 Å². The number of halogens is 2. The molecular formula is C16H20F2N2O3. The number of aliphatic hydroxyl groups is 1. The van der Waals surface area contributed by atoms with E-state index >= 15 is 0 Å². The van der Waals surface area contributed by atoms with E-state index in [0.717, 1.165) is 18.2 Å². The molecule has 1 fully saturated rings. The Kier molecular flexibility index (Phi) is 5.65. The number of anilines is 1. The van der Waals surface area contributed by atoms with Crippen LogP contribution in [-0.2, 0) is 9.59 Å². The second-order valence-corrected chi connectivity index (χ2v) is 5.67. The van der Waals surface area contributed by atoms with E-state index in [1.165, 1.54) is 4.90 Å². The highest BCUT2D eigenvalue weighted by atomic mass is 19.1. The summed E-state index contributed by atoms with van der Waals surface area (Å²) >= 11 is 0. The van der Waals surface area contributed by atoms with Crippen LogP contribution in [-0.4, -0.2) is 36.1 Å². The van der Waals surface area contributed by atoms with E-state index in [0.29, 0.717) is 19.4 Å². The quantitative estimate of drug-likeness (QED) is 0.834. The van der Waals surface area contributed by atoms with Gasteiger partial charge in [0.25, 0.3) is 0 Å². The van der Waals surface area contributed by atoms with Gasteiger partial charge in [-0.15, -0.1) is 0 Å². The van der Waals surface area contributed by atoms with E-state index in [9.17, 15) is 23.5 Å². The molecule has 1 aliphatic rings. The second kappa shape index (κ2) is 7.50. The van der Waals surface area contributed by atoms with Crippen LogP contribution in [0, 0.1) is 17.6 Å². The van der Waals surface area contributed by atoms with Crippen LogP contribution in [0.5, 0.6) is 0 Å². The van der Waals surface area contributed by atoms with Crippen molar-refractivity contribution in [3.8, 4) is 0 Å². The molecule has 2 amide bonds. The number of nitrogens with one attached hydrogen (secondary N) is 1. The van der Waals surface area contributed by atoms with Gasteiger partial charge >= 0.3 is 0 Å². The Balaban J connectivity index is 1.95. The lowest BCUT2D eigenvalue weighted by Gasteiger charge is -2.17. The Labute approximate surface area is 133 Å². The SMILES string of the molecule is CCC(O)CCNC(=O)C1CC(=O)N(c2cc(F)cc(F)c2)C1. The molecule has 0 spiro atoms. The van der Waals surface area contributed by atoms with E-state index in [1.807, 2.05) is 6.92 Å². The highest BCUT2D eigenvalue weighted by Gasteiger charge is 2.35. The van der Waals surface area contributed by atoms with Gasteiger partial charge in [-0.2, -0.15) is 0 Å². The fourth-order valence-electron chi connectivity index (χ4n) is 2.54. The third kappa shape index (κ3) is 4.48. The van der Waals surface area contributed by atoms with Gasteiger partial charge < -0.3 is 15.3 Å². The smallest absolute Gasteiger partial charge is 0.227 e. The van der Waals surface area contributed by atoms with E-state index in [1.54, 1.807) is 0 Å². The molecule has 0 aromatic heterocycles. The minimum atomic E-state index is -0.769. The lowest BCUT2D eigenvalue weighted by Crippen LogP contribution is -2.34. The lowest BCUT2D eigenvalue weighted by atomic mass is 10.1. The van der Waals surface area contributed by atoms with Crippen LogP contribution >= 0.6 is 0 Å². The number of carbonyl (C=O) groups is 2. The van der Waals surface area contributed by atoms with Crippen LogP contribution in [0.3, 0.4) is 0 Å². The number of nitrogens with zero attached hydrogens (tertiary/aromatic N) is 1. The predicted octanol–water partition coefficient (Wildman–Crippen LogP) is 1.59. The number of carbonyl (C=O) groups excluding carboxylic acids is 2. The first-order chi connectivity index (χ1) is 10.9. The zero-order chi connectivity index (χ0) is 17.0. The number of amides is 2. The average molecular weight is 326 g/mol. The van der Waals surface area contributed by atoms with Gasteiger partial charge in [0.1, 0.15) is 11.6 Å². The molecule has 1 aromatic carbocycles. The van der Waals surface area contributed by atoms with Gasteiger partial charge in [-0.05, 0) is 25.0 Å². The van der Waals surface area contributed by atoms with Gasteiger partial charge in [-0.25, -0.2) is 8.78 Å². The maximum Gasteiger partial charge on any atom is 0.227 e. The Morgan fingerprint density at radius 1 is 1.39 bits per heavy atom. The third-order valence-corrected chi connectivity index (χ3v) is 3.90. The Morgan fingerprint density at radius 2 is 2.04 bits per heavy atom. The normalized spacial score (nSPS) is 19.0. The first-order valence-electron chi connectivity index (χ1n) is 7.63. The summed E-state index contributed by atoms with van der Waals surface area (Å²) in [6, 6.07) is 2.87. The highest BCUT2D eigenvalue weighted by molar-refractivity contribution is 6.00. The van der Waals surface area contributed by atoms with Gasteiger partial charge in [0.05, 0.1) is 12.0 Å². The highest BCUT2D eigenvalue weighted by Crippen LogP contribution is 2.26. The van der Waals surface area contributed by atoms with Gasteiger partial charge in [0.15, 0.2) is 0 Å². The minimum Gasteiger partial charge on any atom is -0.393 e. The number of aliphatic hydroxyl groups excluding tert-OH is 1. The van der Waals surface area contributed by atoms with E-state index in [-0.39, 0.29) is 30.5 Å². The third-order valence-electron chi connectivity index (χ3n) is 3.90. The molecule has 2 unspecified atom stereocenters. The monoisotopic (exact) mass is 326 g/mol. The lowest BCUT2D eigenvalue weighted by molar-refractivity contribution is -0.126. The molecule has 0 bridgehead atoms. The second-order valence-electron chi connectivity index (χ2n) is 5.67. The zero-order valence-corrected chi connectivity index (χ0v) is 12.9. The van der Waals surface area contributed by atoms with Crippen LogP contribution in [0.15, 0.2) is 18.2 Å². The van der Waals surface area contributed by atoms with Crippen LogP contribution in [0.25, 0.3) is 0 Å². The Morgan fingerprint density at radius 3 is 2.65 bits per heavy atom. The number of benzene rings is 1. The standard InChI is InChI=1S/C16H20F2N2O3/c1-2-14(21)3-4-19-16(23)10-5-15(22)20(9-10)13-7-11(17)6-12(18)8-13/h6-8,10,14,21H,2-5,9H2,1H3,(H,19,23). The number of hydrogen-bond acceptors (Lipinski definition) is 3. The summed E-state index contributed by atoms with van der Waals surface area (Å²) in [5.41, 5.74) is 0.115. The van der Waals surface area contributed by atoms with Crippen LogP contribution < -0.4 is 10.2 Å². The van der Waals surface area contributed by atoms with Gasteiger partial charge in [0, 0.05) is 31.3 Å². The molecular weight excluding hydrogens is 306 g/mol. The summed E-state index contributed by atoms with van der Waals surface area (Å²) in [4.78, 5) is 25.3. The van der Waals surface area contributed by atoms with Gasteiger partial charge in [-0.1, -0.05) is 6.92 Å². The van der Waals surface area contributed by atoms with Crippen molar-refractivity contribution in [1.82, 2.24) is 5.32 Å². The largest absolute Gasteiger partial charge is 0.393 e. The van der Waals surface area contributed by atoms with Gasteiger partial charge in [0.2, 0.25) is 11.8 Å². The summed E-state index contributed by atoms with van der Waals surface area (Å²) < 4.78 is 26.5. The average Bonchev–Trinajstić information content (AvgIpc) is 2.88. The first kappa shape index (κ1) is 17.3. The van der Waals surface area contributed by atoms with Crippen molar-refractivity contribution in [3.05, 3.63) is 29.8 Å². The summed E-state index contributed by atoms with van der Waals surface area (Å²) in [5, 5.41) is 12.1. The van der Waals surface area contributed by atoms with Crippen molar-refractivity contribution in [2.75, 3.05) is 18.0 Å². The number of rotatable bonds is 6. The summed E-state index contributed by atoms with van der Waals surface area (Å²) in [5.74, 6) is -2.74. The molecule has 1 aromatic rings. The first-order valence-corrected chi connectivity index (χ1v) is 7.63. The molecule has 126 valence electrons. The maximum absolute atomic E-state index is 13.3. The Hall–Kier alpha value is -2.02. The minimum absolute atomic E-state index is 0.000295. The molecule has 2 atom stereocenters. The van der Waals surface area contributed by atoms with Crippen LogP contribution in [0.1, 0.15) is 26.2 Å². The molecule has 7 heteroatoms. The molecule has 2 rings (SSSR count). The molecule has 23 heavy (non-hydrogen) atoms. The zero-order valence-electron chi connectivity index (χ0n) is 12.9. The van der Waals surface area contributed by atoms with E-state index < -0.39 is 23.7 Å². The van der Waals surface area contributed by atoms with Crippen molar-refractivity contribution < 1.29 is 23.5 Å². The van der Waals surface area contributed by atoms with Crippen molar-refractivity contribution in [2.45, 2.75) is 32.3 Å². The van der Waals surface area contributed by atoms with Crippen molar-refractivity contribution in [2.24, 2.45) is 5.92 Å². The molecule has 0 radical (unpaired) electrons. The van der Waals surface area contributed by atoms with Crippen molar-refractivity contribution in [3.63, 3.8) is 0 Å². The molecule has 0 aliphatic carbocycles. The van der Waals surface area contributed by atoms with Gasteiger partial charge in [-0.3, -0.25) is 9.59 Å². The predicted molar refractivity (Wildman–Crippen MR) is 80.7 cm³/mol. The van der Waals surface area contributed by atoms with E-state index in [4.69, 9.17) is 0 Å². The summed E-state index contributed by atoms with van der Waals surface area (Å²) in [7, 11) is 0. The molecule has 1 aliphatic heterocycles. The summed E-state index contributed by atoms with van der Waals surface area (Å²) in [6.45, 7) is 2.26. The summed E-state index contributed by atoms with van der Waals surface area (Å²) in [6.07, 6.45) is 0.589. The van der Waals surface area contributed by atoms with E-state index in [2.05, 4.69) is 5.32 Å². The molecule has 1 saturated heterocycles. The van der Waals surface area contributed by atoms with Crippen LogP contribution in [0.4, 0.5) is 14.5 Å².